The summed E-state index contributed by atoms with van der Waals surface area (Å²) in [7, 11) is 0. The Bertz CT molecular complexity index is 308. The molecule has 0 spiro atoms. The molecule has 96 valence electrons. The van der Waals surface area contributed by atoms with Gasteiger partial charge < -0.3 is 15.0 Å². The van der Waals surface area contributed by atoms with Gasteiger partial charge in [0.25, 0.3) is 0 Å². The number of hydrogen-bond acceptors (Lipinski definition) is 3. The first-order valence-electron chi connectivity index (χ1n) is 5.31. The van der Waals surface area contributed by atoms with E-state index in [4.69, 9.17) is 0 Å². The summed E-state index contributed by atoms with van der Waals surface area (Å²) in [6, 6.07) is 16.5. The fourth-order valence-corrected chi connectivity index (χ4v) is 0.832. The molecule has 4 heteroatoms. The average molecular weight is 293 g/mol. The molecule has 3 heterocycles. The minimum atomic E-state index is 0. The van der Waals surface area contributed by atoms with Gasteiger partial charge in [0, 0.05) is 0 Å². The second kappa shape index (κ2) is 14.0. The third-order valence-electron chi connectivity index (χ3n) is 1.55. The maximum atomic E-state index is 3.66. The topological polar surface area (TPSA) is 38.7 Å². The molecule has 0 saturated carbocycles. The summed E-state index contributed by atoms with van der Waals surface area (Å²) in [5, 5.41) is 0. The Kier molecular flexibility index (Phi) is 12.5. The van der Waals surface area contributed by atoms with Gasteiger partial charge in [0.05, 0.1) is 0 Å². The first-order valence-corrected chi connectivity index (χ1v) is 5.31. The number of hydrogen-bond donors (Lipinski definition) is 0. The van der Waals surface area contributed by atoms with Gasteiger partial charge in [-0.15, -0.1) is 0 Å². The van der Waals surface area contributed by atoms with Crippen LogP contribution >= 0.6 is 0 Å². The van der Waals surface area contributed by atoms with Gasteiger partial charge in [-0.3, -0.25) is 0 Å². The Morgan fingerprint density at radius 1 is 0.474 bits per heavy atom. The second-order valence-electron chi connectivity index (χ2n) is 2.88. The summed E-state index contributed by atoms with van der Waals surface area (Å²) in [6.45, 7) is 0. The zero-order valence-corrected chi connectivity index (χ0v) is 11.1. The van der Waals surface area contributed by atoms with Crippen molar-refractivity contribution in [1.82, 2.24) is 15.0 Å². The molecule has 0 saturated heterocycles. The number of nitrogens with zero attached hydrogens (tertiary/aromatic N) is 3. The number of aromatic nitrogens is 3. The van der Waals surface area contributed by atoms with Crippen molar-refractivity contribution < 1.29 is 16.8 Å². The standard InChI is InChI=1S/3C5H4N.Co/c3*1-2-4-6-5-3-1;/h3*1-4H;/q3*-1;+3. The molecule has 19 heavy (non-hydrogen) atoms. The van der Waals surface area contributed by atoms with E-state index < -0.39 is 0 Å². The van der Waals surface area contributed by atoms with E-state index in [0.29, 0.717) is 0 Å². The van der Waals surface area contributed by atoms with Gasteiger partial charge in [0.15, 0.2) is 0 Å². The summed E-state index contributed by atoms with van der Waals surface area (Å²) in [4.78, 5) is 11.0. The molecule has 0 unspecified atom stereocenters. The van der Waals surface area contributed by atoms with E-state index in [1.807, 2.05) is 36.4 Å². The molecular formula is C15H12CoN3. The summed E-state index contributed by atoms with van der Waals surface area (Å²) in [5.41, 5.74) is 0. The van der Waals surface area contributed by atoms with Gasteiger partial charge in [-0.25, -0.2) is 0 Å². The minimum Gasteiger partial charge on any atom is -0.394 e. The Hall–Kier alpha value is -2.04. The maximum absolute atomic E-state index is 3.66. The second-order valence-corrected chi connectivity index (χ2v) is 2.88. The van der Waals surface area contributed by atoms with Gasteiger partial charge in [-0.1, -0.05) is 37.2 Å². The van der Waals surface area contributed by atoms with Crippen LogP contribution in [0, 0.1) is 18.6 Å². The molecule has 3 rings (SSSR count). The van der Waals surface area contributed by atoms with Gasteiger partial charge in [0.2, 0.25) is 0 Å². The van der Waals surface area contributed by atoms with Crippen molar-refractivity contribution in [3.05, 3.63) is 91.8 Å². The minimum absolute atomic E-state index is 0. The van der Waals surface area contributed by atoms with Crippen LogP contribution in [0.3, 0.4) is 0 Å². The van der Waals surface area contributed by atoms with Gasteiger partial charge in [0.1, 0.15) is 0 Å². The molecule has 0 fully saturated rings. The van der Waals surface area contributed by atoms with Gasteiger partial charge >= 0.3 is 16.8 Å². The molecule has 0 aliphatic rings. The molecule has 0 amide bonds. The van der Waals surface area contributed by atoms with Crippen LogP contribution in [0.4, 0.5) is 0 Å². The predicted molar refractivity (Wildman–Crippen MR) is 69.2 cm³/mol. The molecule has 0 aliphatic carbocycles. The van der Waals surface area contributed by atoms with Gasteiger partial charge in [-0.05, 0) is 0 Å². The Morgan fingerprint density at radius 2 is 0.789 bits per heavy atom. The molecule has 0 aliphatic heterocycles. The van der Waals surface area contributed by atoms with Crippen LogP contribution in [0.5, 0.6) is 0 Å². The number of rotatable bonds is 0. The van der Waals surface area contributed by atoms with Crippen LogP contribution in [0.25, 0.3) is 0 Å². The van der Waals surface area contributed by atoms with Crippen molar-refractivity contribution in [2.75, 3.05) is 0 Å². The van der Waals surface area contributed by atoms with E-state index in [-0.39, 0.29) is 16.8 Å². The van der Waals surface area contributed by atoms with Crippen LogP contribution in [0.2, 0.25) is 0 Å². The molecular weight excluding hydrogens is 281 g/mol. The molecule has 0 atom stereocenters. The largest absolute Gasteiger partial charge is 3.00 e. The first kappa shape index (κ1) is 17.0. The van der Waals surface area contributed by atoms with Crippen LogP contribution in [-0.2, 0) is 16.8 Å². The maximum Gasteiger partial charge on any atom is 3.00 e. The van der Waals surface area contributed by atoms with Crippen LogP contribution in [0.15, 0.2) is 73.2 Å². The van der Waals surface area contributed by atoms with Crippen molar-refractivity contribution in [1.29, 1.82) is 0 Å². The average Bonchev–Trinajstić information content (AvgIpc) is 2.54. The Morgan fingerprint density at radius 3 is 0.842 bits per heavy atom. The summed E-state index contributed by atoms with van der Waals surface area (Å²) in [6.07, 6.45) is 13.0. The SMILES string of the molecule is [Co+3].[c-]1ccccn1.[c-]1ccccn1.[c-]1ccccn1. The zero-order chi connectivity index (χ0) is 12.7. The van der Waals surface area contributed by atoms with E-state index in [1.165, 1.54) is 0 Å². The fourth-order valence-electron chi connectivity index (χ4n) is 0.832. The molecule has 0 N–H and O–H groups in total. The Labute approximate surface area is 124 Å². The van der Waals surface area contributed by atoms with Crippen molar-refractivity contribution >= 4 is 0 Å². The Balaban J connectivity index is 0.000000249. The summed E-state index contributed by atoms with van der Waals surface area (Å²) in [5.74, 6) is 0. The smallest absolute Gasteiger partial charge is 0.394 e. The summed E-state index contributed by atoms with van der Waals surface area (Å²) >= 11 is 0. The zero-order valence-electron chi connectivity index (χ0n) is 10.1. The first-order chi connectivity index (χ1) is 9.00. The van der Waals surface area contributed by atoms with Crippen molar-refractivity contribution in [3.8, 4) is 0 Å². The third-order valence-corrected chi connectivity index (χ3v) is 1.55. The predicted octanol–water partition coefficient (Wildman–Crippen LogP) is 2.64. The number of pyridine rings is 3. The van der Waals surface area contributed by atoms with Crippen molar-refractivity contribution in [2.45, 2.75) is 0 Å². The van der Waals surface area contributed by atoms with E-state index in [2.05, 4.69) is 33.5 Å². The molecule has 0 bridgehead atoms. The van der Waals surface area contributed by atoms with E-state index >= 15 is 0 Å². The van der Waals surface area contributed by atoms with Gasteiger partial charge in [-0.2, -0.15) is 54.6 Å². The molecule has 0 radical (unpaired) electrons. The monoisotopic (exact) mass is 293 g/mol. The molecule has 0 aromatic carbocycles. The van der Waals surface area contributed by atoms with Crippen LogP contribution in [-0.4, -0.2) is 15.0 Å². The molecule has 3 aromatic rings. The van der Waals surface area contributed by atoms with E-state index in [1.54, 1.807) is 36.8 Å². The quantitative estimate of drug-likeness (QED) is 0.598. The molecule has 3 aromatic heterocycles. The van der Waals surface area contributed by atoms with Crippen molar-refractivity contribution in [3.63, 3.8) is 0 Å². The third kappa shape index (κ3) is 12.2. The van der Waals surface area contributed by atoms with E-state index in [9.17, 15) is 0 Å². The van der Waals surface area contributed by atoms with Crippen LogP contribution in [0.1, 0.15) is 0 Å². The van der Waals surface area contributed by atoms with Crippen molar-refractivity contribution in [2.24, 2.45) is 0 Å². The molecule has 3 nitrogen and oxygen atoms in total. The normalized spacial score (nSPS) is 7.58. The fraction of sp³-hybridized carbons (Fsp3) is 0. The van der Waals surface area contributed by atoms with E-state index in [0.717, 1.165) is 0 Å². The van der Waals surface area contributed by atoms with Crippen LogP contribution < -0.4 is 0 Å². The summed E-state index contributed by atoms with van der Waals surface area (Å²) < 4.78 is 0.